The molecular weight excluding hydrogens is 296 g/mol. The van der Waals surface area contributed by atoms with Gasteiger partial charge >= 0.3 is 0 Å². The van der Waals surface area contributed by atoms with Crippen LogP contribution in [-0.2, 0) is 0 Å². The molecule has 23 heavy (non-hydrogen) atoms. The van der Waals surface area contributed by atoms with Crippen molar-refractivity contribution in [2.45, 2.75) is 38.5 Å². The lowest BCUT2D eigenvalue weighted by atomic mass is 9.83. The van der Waals surface area contributed by atoms with E-state index >= 15 is 0 Å². The first-order valence-corrected chi connectivity index (χ1v) is 7.68. The van der Waals surface area contributed by atoms with E-state index in [-0.39, 0.29) is 18.0 Å². The molecule has 0 aliphatic heterocycles. The van der Waals surface area contributed by atoms with E-state index in [1.807, 2.05) is 13.8 Å². The summed E-state index contributed by atoms with van der Waals surface area (Å²) in [4.78, 5) is 16.8. The maximum Gasteiger partial charge on any atom is 0.257 e. The third kappa shape index (κ3) is 3.05. The van der Waals surface area contributed by atoms with Gasteiger partial charge in [0.1, 0.15) is 5.56 Å². The standard InChI is InChI=1S/C16H20N4O3/c1-3-23-16-11(6-5-10(2)18-16)15(22)19-12-9-13(21)14(12)20-8-4-7-17-20/h4-8,12-14,21H,3,9H2,1-2H3,(H,19,22)/t12-,13+,14+/m0/s1. The number of hydrogen-bond donors (Lipinski definition) is 2. The van der Waals surface area contributed by atoms with E-state index in [1.165, 1.54) is 0 Å². The molecule has 7 nitrogen and oxygen atoms in total. The van der Waals surface area contributed by atoms with Crippen molar-refractivity contribution in [2.75, 3.05) is 6.61 Å². The van der Waals surface area contributed by atoms with E-state index < -0.39 is 6.10 Å². The Balaban J connectivity index is 1.75. The molecule has 0 aromatic carbocycles. The molecule has 0 unspecified atom stereocenters. The summed E-state index contributed by atoms with van der Waals surface area (Å²) in [6.07, 6.45) is 3.42. The highest BCUT2D eigenvalue weighted by molar-refractivity contribution is 5.96. The van der Waals surface area contributed by atoms with Crippen LogP contribution in [0.15, 0.2) is 30.6 Å². The molecule has 0 bridgehead atoms. The van der Waals surface area contributed by atoms with Gasteiger partial charge in [-0.2, -0.15) is 5.10 Å². The van der Waals surface area contributed by atoms with Crippen molar-refractivity contribution in [1.82, 2.24) is 20.1 Å². The minimum Gasteiger partial charge on any atom is -0.477 e. The molecule has 122 valence electrons. The number of aliphatic hydroxyl groups is 1. The number of carbonyl (C=O) groups excluding carboxylic acids is 1. The van der Waals surface area contributed by atoms with Crippen LogP contribution in [0.3, 0.4) is 0 Å². The smallest absolute Gasteiger partial charge is 0.257 e. The molecular formula is C16H20N4O3. The summed E-state index contributed by atoms with van der Waals surface area (Å²) in [5.74, 6) is 0.0792. The molecule has 1 aliphatic carbocycles. The molecule has 2 N–H and O–H groups in total. The van der Waals surface area contributed by atoms with Crippen LogP contribution in [0.25, 0.3) is 0 Å². The van der Waals surface area contributed by atoms with Gasteiger partial charge < -0.3 is 15.2 Å². The zero-order valence-corrected chi connectivity index (χ0v) is 13.1. The van der Waals surface area contributed by atoms with E-state index in [1.54, 1.807) is 35.3 Å². The van der Waals surface area contributed by atoms with Crippen LogP contribution < -0.4 is 10.1 Å². The Morgan fingerprint density at radius 1 is 1.52 bits per heavy atom. The van der Waals surface area contributed by atoms with Gasteiger partial charge in [0.15, 0.2) is 0 Å². The van der Waals surface area contributed by atoms with Crippen molar-refractivity contribution in [2.24, 2.45) is 0 Å². The van der Waals surface area contributed by atoms with Crippen LogP contribution in [0.1, 0.15) is 35.4 Å². The first kappa shape index (κ1) is 15.5. The van der Waals surface area contributed by atoms with Crippen LogP contribution >= 0.6 is 0 Å². The van der Waals surface area contributed by atoms with Crippen LogP contribution in [-0.4, -0.2) is 44.5 Å². The van der Waals surface area contributed by atoms with E-state index in [4.69, 9.17) is 4.74 Å². The number of pyridine rings is 1. The monoisotopic (exact) mass is 316 g/mol. The third-order valence-corrected chi connectivity index (χ3v) is 3.97. The molecule has 3 rings (SSSR count). The fourth-order valence-corrected chi connectivity index (χ4v) is 2.77. The SMILES string of the molecule is CCOc1nc(C)ccc1C(=O)N[C@H]1C[C@@H](O)[C@@H]1n1cccn1. The van der Waals surface area contributed by atoms with Gasteiger partial charge in [-0.1, -0.05) is 0 Å². The van der Waals surface area contributed by atoms with Crippen LogP contribution in [0.5, 0.6) is 5.88 Å². The topological polar surface area (TPSA) is 89.3 Å². The maximum absolute atomic E-state index is 12.5. The Morgan fingerprint density at radius 2 is 2.35 bits per heavy atom. The summed E-state index contributed by atoms with van der Waals surface area (Å²) < 4.78 is 7.13. The molecule has 0 saturated heterocycles. The Labute approximate surface area is 134 Å². The number of carbonyl (C=O) groups is 1. The maximum atomic E-state index is 12.5. The van der Waals surface area contributed by atoms with Gasteiger partial charge in [-0.15, -0.1) is 0 Å². The zero-order valence-electron chi connectivity index (χ0n) is 13.1. The van der Waals surface area contributed by atoms with Gasteiger partial charge in [0.2, 0.25) is 5.88 Å². The van der Waals surface area contributed by atoms with Crippen molar-refractivity contribution < 1.29 is 14.6 Å². The van der Waals surface area contributed by atoms with E-state index in [9.17, 15) is 9.90 Å². The predicted molar refractivity (Wildman–Crippen MR) is 83.3 cm³/mol. The quantitative estimate of drug-likeness (QED) is 0.862. The van der Waals surface area contributed by atoms with E-state index in [2.05, 4.69) is 15.4 Å². The van der Waals surface area contributed by atoms with Crippen molar-refractivity contribution in [3.05, 3.63) is 41.9 Å². The average molecular weight is 316 g/mol. The molecule has 1 aliphatic rings. The second-order valence-electron chi connectivity index (χ2n) is 5.60. The van der Waals surface area contributed by atoms with Crippen molar-refractivity contribution in [3.63, 3.8) is 0 Å². The van der Waals surface area contributed by atoms with Gasteiger partial charge in [0.05, 0.1) is 24.8 Å². The molecule has 2 heterocycles. The van der Waals surface area contributed by atoms with E-state index in [0.717, 1.165) is 5.69 Å². The minimum atomic E-state index is -0.511. The Hall–Kier alpha value is -2.41. The van der Waals surface area contributed by atoms with Crippen LogP contribution in [0.4, 0.5) is 0 Å². The molecule has 1 fully saturated rings. The van der Waals surface area contributed by atoms with Gasteiger partial charge in [-0.3, -0.25) is 9.48 Å². The van der Waals surface area contributed by atoms with Crippen molar-refractivity contribution in [3.8, 4) is 5.88 Å². The van der Waals surface area contributed by atoms with Gasteiger partial charge in [0, 0.05) is 18.1 Å². The number of aliphatic hydroxyl groups excluding tert-OH is 1. The number of rotatable bonds is 5. The summed E-state index contributed by atoms with van der Waals surface area (Å²) in [7, 11) is 0. The fraction of sp³-hybridized carbons (Fsp3) is 0.438. The lowest BCUT2D eigenvalue weighted by Gasteiger charge is -2.41. The van der Waals surface area contributed by atoms with E-state index in [0.29, 0.717) is 24.5 Å². The summed E-state index contributed by atoms with van der Waals surface area (Å²) >= 11 is 0. The normalized spacial score (nSPS) is 23.2. The first-order valence-electron chi connectivity index (χ1n) is 7.68. The number of nitrogens with zero attached hydrogens (tertiary/aromatic N) is 3. The molecule has 0 radical (unpaired) electrons. The summed E-state index contributed by atoms with van der Waals surface area (Å²) in [6.45, 7) is 4.14. The lowest BCUT2D eigenvalue weighted by molar-refractivity contribution is -0.00592. The number of hydrogen-bond acceptors (Lipinski definition) is 5. The van der Waals surface area contributed by atoms with Crippen LogP contribution in [0.2, 0.25) is 0 Å². The highest BCUT2D eigenvalue weighted by Crippen LogP contribution is 2.32. The third-order valence-electron chi connectivity index (χ3n) is 3.97. The molecule has 2 aromatic heterocycles. The number of aromatic nitrogens is 3. The molecule has 7 heteroatoms. The molecule has 0 spiro atoms. The largest absolute Gasteiger partial charge is 0.477 e. The molecule has 1 saturated carbocycles. The number of nitrogens with one attached hydrogen (secondary N) is 1. The Kier molecular flexibility index (Phi) is 4.29. The number of aryl methyl sites for hydroxylation is 1. The zero-order chi connectivity index (χ0) is 16.4. The van der Waals surface area contributed by atoms with Gasteiger partial charge in [0.25, 0.3) is 5.91 Å². The molecule has 1 amide bonds. The first-order chi connectivity index (χ1) is 11.1. The summed E-state index contributed by atoms with van der Waals surface area (Å²) in [5.41, 5.74) is 1.19. The average Bonchev–Trinajstić information content (AvgIpc) is 3.00. The van der Waals surface area contributed by atoms with Crippen molar-refractivity contribution in [1.29, 1.82) is 0 Å². The number of amides is 1. The highest BCUT2D eigenvalue weighted by Gasteiger charge is 2.42. The minimum absolute atomic E-state index is 0.173. The highest BCUT2D eigenvalue weighted by atomic mass is 16.5. The summed E-state index contributed by atoms with van der Waals surface area (Å²) in [5, 5.41) is 17.0. The number of ether oxygens (including phenoxy) is 1. The molecule has 2 aromatic rings. The Bertz CT molecular complexity index is 687. The van der Waals surface area contributed by atoms with Crippen molar-refractivity contribution >= 4 is 5.91 Å². The Morgan fingerprint density at radius 3 is 3.00 bits per heavy atom. The lowest BCUT2D eigenvalue weighted by Crippen LogP contribution is -2.56. The second kappa shape index (κ2) is 6.37. The van der Waals surface area contributed by atoms with Gasteiger partial charge in [-0.25, -0.2) is 4.98 Å². The molecule has 3 atom stereocenters. The fourth-order valence-electron chi connectivity index (χ4n) is 2.77. The second-order valence-corrected chi connectivity index (χ2v) is 5.60. The van der Waals surface area contributed by atoms with Gasteiger partial charge in [-0.05, 0) is 38.5 Å². The summed E-state index contributed by atoms with van der Waals surface area (Å²) in [6, 6.07) is 4.86. The predicted octanol–water partition coefficient (Wildman–Crippen LogP) is 1.09. The van der Waals surface area contributed by atoms with Crippen LogP contribution in [0, 0.1) is 6.92 Å².